The zero-order valence-electron chi connectivity index (χ0n) is 14.6. The number of hydrogen-bond donors (Lipinski definition) is 2. The number of anilines is 1. The van der Waals surface area contributed by atoms with E-state index in [2.05, 4.69) is 10.0 Å². The Labute approximate surface area is 148 Å². The van der Waals surface area contributed by atoms with Crippen LogP contribution in [0.25, 0.3) is 0 Å². The maximum absolute atomic E-state index is 12.3. The lowest BCUT2D eigenvalue weighted by molar-refractivity contribution is 0.102. The highest BCUT2D eigenvalue weighted by Crippen LogP contribution is 2.14. The van der Waals surface area contributed by atoms with Gasteiger partial charge in [0.1, 0.15) is 0 Å². The average Bonchev–Trinajstić information content (AvgIpc) is 2.54. The Morgan fingerprint density at radius 2 is 1.76 bits per heavy atom. The lowest BCUT2D eigenvalue weighted by Crippen LogP contribution is -2.31. The third kappa shape index (κ3) is 5.67. The van der Waals surface area contributed by atoms with E-state index in [9.17, 15) is 13.2 Å². The maximum atomic E-state index is 12.3. The summed E-state index contributed by atoms with van der Waals surface area (Å²) in [6.07, 6.45) is 0. The Morgan fingerprint density at radius 3 is 2.36 bits per heavy atom. The standard InChI is InChI=1S/C18H23N3O3S/c1-14-5-4-6-16(13-14)20-18(22)15-7-9-17(10-8-15)25(23,24)19-11-12-21(2)3/h4-10,13,19H,11-12H2,1-3H3,(H,20,22). The molecular weight excluding hydrogens is 338 g/mol. The van der Waals surface area contributed by atoms with E-state index in [1.54, 1.807) is 6.07 Å². The van der Waals surface area contributed by atoms with Gasteiger partial charge in [0.15, 0.2) is 0 Å². The summed E-state index contributed by atoms with van der Waals surface area (Å²) in [4.78, 5) is 14.3. The van der Waals surface area contributed by atoms with E-state index < -0.39 is 10.0 Å². The van der Waals surface area contributed by atoms with E-state index in [1.807, 2.05) is 44.1 Å². The van der Waals surface area contributed by atoms with E-state index in [0.29, 0.717) is 24.3 Å². The van der Waals surface area contributed by atoms with Crippen LogP contribution in [0.2, 0.25) is 0 Å². The topological polar surface area (TPSA) is 78.5 Å². The van der Waals surface area contributed by atoms with Crippen molar-refractivity contribution < 1.29 is 13.2 Å². The summed E-state index contributed by atoms with van der Waals surface area (Å²) in [5.41, 5.74) is 2.14. The molecule has 2 rings (SSSR count). The summed E-state index contributed by atoms with van der Waals surface area (Å²) in [6, 6.07) is 13.4. The number of sulfonamides is 1. The van der Waals surface area contributed by atoms with E-state index in [-0.39, 0.29) is 10.8 Å². The van der Waals surface area contributed by atoms with Crippen molar-refractivity contribution in [3.63, 3.8) is 0 Å². The van der Waals surface area contributed by atoms with Crippen LogP contribution in [-0.4, -0.2) is 46.4 Å². The second-order valence-electron chi connectivity index (χ2n) is 6.05. The van der Waals surface area contributed by atoms with Crippen molar-refractivity contribution in [3.8, 4) is 0 Å². The number of benzene rings is 2. The number of aryl methyl sites for hydroxylation is 1. The van der Waals surface area contributed by atoms with Gasteiger partial charge in [-0.1, -0.05) is 12.1 Å². The second-order valence-corrected chi connectivity index (χ2v) is 7.82. The minimum atomic E-state index is -3.57. The Kier molecular flexibility index (Phi) is 6.30. The molecule has 0 saturated carbocycles. The largest absolute Gasteiger partial charge is 0.322 e. The molecule has 0 atom stereocenters. The molecule has 0 aromatic heterocycles. The van der Waals surface area contributed by atoms with Crippen LogP contribution in [0.4, 0.5) is 5.69 Å². The maximum Gasteiger partial charge on any atom is 0.255 e. The first-order valence-corrected chi connectivity index (χ1v) is 9.39. The minimum absolute atomic E-state index is 0.137. The van der Waals surface area contributed by atoms with Crippen LogP contribution in [0, 0.1) is 6.92 Å². The predicted octanol–water partition coefficient (Wildman–Crippen LogP) is 2.09. The minimum Gasteiger partial charge on any atom is -0.322 e. The molecular formula is C18H23N3O3S. The Hall–Kier alpha value is -2.22. The normalized spacial score (nSPS) is 11.5. The molecule has 0 bridgehead atoms. The molecule has 134 valence electrons. The van der Waals surface area contributed by atoms with Crippen molar-refractivity contribution in [1.29, 1.82) is 0 Å². The van der Waals surface area contributed by atoms with Gasteiger partial charge in [0.2, 0.25) is 10.0 Å². The van der Waals surface area contributed by atoms with Crippen LogP contribution in [0.15, 0.2) is 53.4 Å². The molecule has 0 heterocycles. The van der Waals surface area contributed by atoms with E-state index >= 15 is 0 Å². The number of carbonyl (C=O) groups excluding carboxylic acids is 1. The van der Waals surface area contributed by atoms with Gasteiger partial charge in [0.05, 0.1) is 4.90 Å². The zero-order valence-corrected chi connectivity index (χ0v) is 15.4. The number of likely N-dealkylation sites (N-methyl/N-ethyl adjacent to an activating group) is 1. The molecule has 6 nitrogen and oxygen atoms in total. The highest BCUT2D eigenvalue weighted by Gasteiger charge is 2.14. The molecule has 0 fully saturated rings. The monoisotopic (exact) mass is 361 g/mol. The van der Waals surface area contributed by atoms with Gasteiger partial charge in [-0.2, -0.15) is 0 Å². The zero-order chi connectivity index (χ0) is 18.4. The van der Waals surface area contributed by atoms with Crippen LogP contribution in [0.1, 0.15) is 15.9 Å². The van der Waals surface area contributed by atoms with Crippen molar-refractivity contribution in [2.24, 2.45) is 0 Å². The molecule has 25 heavy (non-hydrogen) atoms. The third-order valence-electron chi connectivity index (χ3n) is 3.55. The van der Waals surface area contributed by atoms with Crippen molar-refractivity contribution in [2.45, 2.75) is 11.8 Å². The molecule has 0 radical (unpaired) electrons. The van der Waals surface area contributed by atoms with Crippen molar-refractivity contribution >= 4 is 21.6 Å². The van der Waals surface area contributed by atoms with Gasteiger partial charge in [-0.25, -0.2) is 13.1 Å². The summed E-state index contributed by atoms with van der Waals surface area (Å²) < 4.78 is 26.9. The van der Waals surface area contributed by atoms with Gasteiger partial charge in [-0.05, 0) is 63.0 Å². The number of nitrogens with one attached hydrogen (secondary N) is 2. The van der Waals surface area contributed by atoms with Gasteiger partial charge in [-0.3, -0.25) is 4.79 Å². The number of nitrogens with zero attached hydrogens (tertiary/aromatic N) is 1. The molecule has 0 aliphatic heterocycles. The molecule has 0 aliphatic rings. The summed E-state index contributed by atoms with van der Waals surface area (Å²) in [6.45, 7) is 2.87. The third-order valence-corrected chi connectivity index (χ3v) is 5.03. The molecule has 0 saturated heterocycles. The van der Waals surface area contributed by atoms with E-state index in [1.165, 1.54) is 24.3 Å². The number of amides is 1. The first-order chi connectivity index (χ1) is 11.8. The van der Waals surface area contributed by atoms with Crippen LogP contribution < -0.4 is 10.0 Å². The number of carbonyl (C=O) groups is 1. The van der Waals surface area contributed by atoms with Gasteiger partial charge < -0.3 is 10.2 Å². The molecule has 0 unspecified atom stereocenters. The molecule has 2 N–H and O–H groups in total. The summed E-state index contributed by atoms with van der Waals surface area (Å²) in [5.74, 6) is -0.282. The first kappa shape index (κ1) is 19.1. The fraction of sp³-hybridized carbons (Fsp3) is 0.278. The molecule has 7 heteroatoms. The lowest BCUT2D eigenvalue weighted by atomic mass is 10.2. The van der Waals surface area contributed by atoms with Crippen molar-refractivity contribution in [3.05, 3.63) is 59.7 Å². The van der Waals surface area contributed by atoms with Gasteiger partial charge >= 0.3 is 0 Å². The fourth-order valence-corrected chi connectivity index (χ4v) is 3.22. The highest BCUT2D eigenvalue weighted by molar-refractivity contribution is 7.89. The Morgan fingerprint density at radius 1 is 1.08 bits per heavy atom. The first-order valence-electron chi connectivity index (χ1n) is 7.90. The molecule has 1 amide bonds. The van der Waals surface area contributed by atoms with Gasteiger partial charge in [-0.15, -0.1) is 0 Å². The SMILES string of the molecule is Cc1cccc(NC(=O)c2ccc(S(=O)(=O)NCCN(C)C)cc2)c1. The van der Waals surface area contributed by atoms with Crippen molar-refractivity contribution in [2.75, 3.05) is 32.5 Å². The highest BCUT2D eigenvalue weighted by atomic mass is 32.2. The van der Waals surface area contributed by atoms with Gasteiger partial charge in [0, 0.05) is 24.3 Å². The fourth-order valence-electron chi connectivity index (χ4n) is 2.20. The quantitative estimate of drug-likeness (QED) is 0.791. The van der Waals surface area contributed by atoms with E-state index in [4.69, 9.17) is 0 Å². The van der Waals surface area contributed by atoms with Crippen molar-refractivity contribution in [1.82, 2.24) is 9.62 Å². The molecule has 2 aromatic carbocycles. The van der Waals surface area contributed by atoms with Crippen LogP contribution in [0.5, 0.6) is 0 Å². The van der Waals surface area contributed by atoms with Crippen LogP contribution >= 0.6 is 0 Å². The summed E-state index contributed by atoms with van der Waals surface area (Å²) >= 11 is 0. The van der Waals surface area contributed by atoms with Crippen LogP contribution in [0.3, 0.4) is 0 Å². The average molecular weight is 361 g/mol. The molecule has 0 spiro atoms. The number of rotatable bonds is 7. The Bertz CT molecular complexity index is 831. The number of hydrogen-bond acceptors (Lipinski definition) is 4. The van der Waals surface area contributed by atoms with Gasteiger partial charge in [0.25, 0.3) is 5.91 Å². The Balaban J connectivity index is 2.04. The lowest BCUT2D eigenvalue weighted by Gasteiger charge is -2.11. The molecule has 2 aromatic rings. The predicted molar refractivity (Wildman–Crippen MR) is 99.3 cm³/mol. The summed E-state index contributed by atoms with van der Waals surface area (Å²) in [7, 11) is 0.171. The molecule has 0 aliphatic carbocycles. The smallest absolute Gasteiger partial charge is 0.255 e. The van der Waals surface area contributed by atoms with E-state index in [0.717, 1.165) is 5.56 Å². The van der Waals surface area contributed by atoms with Crippen LogP contribution in [-0.2, 0) is 10.0 Å². The second kappa shape index (κ2) is 8.24. The summed E-state index contributed by atoms with van der Waals surface area (Å²) in [5, 5.41) is 2.79.